The van der Waals surface area contributed by atoms with Crippen molar-refractivity contribution in [3.8, 4) is 44.5 Å². The van der Waals surface area contributed by atoms with E-state index in [4.69, 9.17) is 9.97 Å². The second-order valence-corrected chi connectivity index (χ2v) is 25.4. The molecule has 14 rings (SSSR count). The number of anilines is 4. The van der Waals surface area contributed by atoms with Gasteiger partial charge in [0.1, 0.15) is 0 Å². The van der Waals surface area contributed by atoms with E-state index in [0.717, 1.165) is 44.5 Å². The lowest BCUT2D eigenvalue weighted by Crippen LogP contribution is -2.44. The van der Waals surface area contributed by atoms with Gasteiger partial charge in [0.25, 0.3) is 0 Å². The molecule has 12 bridgehead atoms. The van der Waals surface area contributed by atoms with E-state index in [2.05, 4.69) is 124 Å². The molecule has 0 fully saturated rings. The number of amides is 4. The van der Waals surface area contributed by atoms with Crippen LogP contribution in [0, 0.1) is 0 Å². The number of hydrogen-bond acceptors (Lipinski definition) is 10. The number of carbonyl (C=O) groups is 4. The third kappa shape index (κ3) is 15.1. The Morgan fingerprint density at radius 3 is 0.990 bits per heavy atom. The molecule has 490 valence electrons. The van der Waals surface area contributed by atoms with Crippen molar-refractivity contribution in [2.24, 2.45) is 0 Å². The maximum Gasteiger partial charge on any atom is 0.225 e. The van der Waals surface area contributed by atoms with Gasteiger partial charge in [-0.3, -0.25) is 38.8 Å². The number of nitrogens with zero attached hydrogens (tertiary/aromatic N) is 6. The topological polar surface area (TPSA) is 187 Å². The fraction of sp³-hybridized carbons (Fsp3) is 0.195. The summed E-state index contributed by atoms with van der Waals surface area (Å²) in [5, 5.41) is 13.3. The second-order valence-electron chi connectivity index (χ2n) is 25.4. The minimum Gasteiger partial charge on any atom is -0.354 e. The highest BCUT2D eigenvalue weighted by Gasteiger charge is 2.26. The van der Waals surface area contributed by atoms with Gasteiger partial charge in [-0.1, -0.05) is 164 Å². The van der Waals surface area contributed by atoms with E-state index in [0.29, 0.717) is 163 Å². The number of fused-ring (bicyclic) bond motifs is 17. The Morgan fingerprint density at radius 1 is 0.357 bits per heavy atom. The van der Waals surface area contributed by atoms with Crippen LogP contribution in [0.25, 0.3) is 90.9 Å². The molecule has 0 radical (unpaired) electrons. The van der Waals surface area contributed by atoms with E-state index in [1.54, 1.807) is 0 Å². The molecule has 0 saturated carbocycles. The lowest BCUT2D eigenvalue weighted by molar-refractivity contribution is -0.117. The largest absolute Gasteiger partial charge is 0.354 e. The van der Waals surface area contributed by atoms with Gasteiger partial charge in [0.05, 0.1) is 22.8 Å². The van der Waals surface area contributed by atoms with Crippen molar-refractivity contribution < 1.29 is 19.2 Å². The van der Waals surface area contributed by atoms with E-state index in [1.165, 1.54) is 6.92 Å². The van der Waals surface area contributed by atoms with Crippen molar-refractivity contribution in [1.29, 1.82) is 0 Å². The summed E-state index contributed by atoms with van der Waals surface area (Å²) in [6.45, 7) is 8.91. The molecule has 4 aliphatic heterocycles. The Morgan fingerprint density at radius 2 is 0.653 bits per heavy atom. The van der Waals surface area contributed by atoms with Gasteiger partial charge in [0.2, 0.25) is 23.6 Å². The predicted octanol–water partition coefficient (Wildman–Crippen LogP) is 15.1. The highest BCUT2D eigenvalue weighted by atomic mass is 16.2. The Balaban J connectivity index is 1.04. The molecule has 0 spiro atoms. The SMILES string of the molecule is CC(=O)Nc1ccccc1-c1c2nc(c3c4ccc([nH]4)c4c5nc(c(c6ccc1[nH]6)-c1ccccc1NC(=O)CCN(Cc1ccccc1)CCN(CCN(Cc1ccccc1)CCC(=O)Nc1ccccc1-3)CCN(Cc1ccccc1)CCC(=O)Nc1ccccc1-4)C=C5)C=C2. The van der Waals surface area contributed by atoms with Crippen LogP contribution in [0.1, 0.15) is 65.7 Å². The Hall–Kier alpha value is -11.1. The van der Waals surface area contributed by atoms with Crippen LogP contribution in [0.2, 0.25) is 0 Å². The number of benzene rings is 7. The maximum absolute atomic E-state index is 15.0. The second kappa shape index (κ2) is 29.9. The summed E-state index contributed by atoms with van der Waals surface area (Å²) in [7, 11) is 0. The van der Waals surface area contributed by atoms with Gasteiger partial charge in [-0.15, -0.1) is 0 Å². The Kier molecular flexibility index (Phi) is 19.6. The molecule has 1 unspecified atom stereocenters. The number of nitrogens with one attached hydrogen (secondary N) is 6. The number of hydrogen-bond donors (Lipinski definition) is 6. The Labute approximate surface area is 570 Å². The molecule has 7 heterocycles. The highest BCUT2D eigenvalue weighted by molar-refractivity contribution is 6.07. The van der Waals surface area contributed by atoms with Crippen LogP contribution in [-0.4, -0.2) is 122 Å². The predicted molar refractivity (Wildman–Crippen MR) is 396 cm³/mol. The van der Waals surface area contributed by atoms with Crippen LogP contribution in [0.5, 0.6) is 0 Å². The maximum atomic E-state index is 15.0. The zero-order valence-electron chi connectivity index (χ0n) is 54.9. The molecule has 1 atom stereocenters. The number of rotatable bonds is 8. The first-order valence-corrected chi connectivity index (χ1v) is 33.8. The van der Waals surface area contributed by atoms with Crippen molar-refractivity contribution in [2.75, 3.05) is 80.2 Å². The van der Waals surface area contributed by atoms with Gasteiger partial charge in [0, 0.05) is 194 Å². The monoisotopic (exact) mass is 1290 g/mol. The molecular formula is C82H78N12O4. The van der Waals surface area contributed by atoms with Crippen LogP contribution >= 0.6 is 0 Å². The van der Waals surface area contributed by atoms with Gasteiger partial charge < -0.3 is 31.2 Å². The molecular weight excluding hydrogens is 1220 g/mol. The number of H-pyrrole nitrogens is 2. The molecule has 4 amide bonds. The average Bonchev–Trinajstić information content (AvgIpc) is 1.59. The minimum atomic E-state index is -0.228. The van der Waals surface area contributed by atoms with Gasteiger partial charge >= 0.3 is 0 Å². The number of aromatic amines is 2. The molecule has 0 saturated heterocycles. The van der Waals surface area contributed by atoms with E-state index >= 15 is 0 Å². The summed E-state index contributed by atoms with van der Waals surface area (Å²) in [6, 6.07) is 70.8. The van der Waals surface area contributed by atoms with Crippen molar-refractivity contribution in [3.63, 3.8) is 0 Å². The first kappa shape index (κ1) is 64.2. The number of aromatic nitrogens is 4. The normalized spacial score (nSPS) is 16.1. The van der Waals surface area contributed by atoms with E-state index in [1.807, 2.05) is 164 Å². The van der Waals surface area contributed by atoms with Gasteiger partial charge in [-0.2, -0.15) is 0 Å². The number of para-hydroxylation sites is 4. The van der Waals surface area contributed by atoms with Crippen molar-refractivity contribution in [2.45, 2.75) is 45.8 Å². The third-order valence-corrected chi connectivity index (χ3v) is 18.6. The fourth-order valence-electron chi connectivity index (χ4n) is 13.7. The lowest BCUT2D eigenvalue weighted by atomic mass is 10.0. The summed E-state index contributed by atoms with van der Waals surface area (Å²) in [4.78, 5) is 86.6. The highest BCUT2D eigenvalue weighted by Crippen LogP contribution is 2.43. The quantitative estimate of drug-likeness (QED) is 0.0855. The van der Waals surface area contributed by atoms with Crippen LogP contribution in [-0.2, 0) is 38.8 Å². The molecule has 16 nitrogen and oxygen atoms in total. The standard InChI is InChI=1S/C82H78N12O4/c1-56(95)83-64-29-15-11-25-60(64)79-68-33-35-70(84-68)80-61-26-12-16-30-65(61)88-76(96)41-44-92(53-57-19-5-2-6-20-57)50-47-91-48-51-93(54-58-21-7-3-8-22-58)45-42-77(97)89-66-31-17-13-27-62(66)81(71-36-34-69(79)85-71)73-38-40-75(87-73)82(74-39-37-72(80)86-74)63-28-14-18-32-67(63)90-78(98)43-46-94(52-49-91)55-59-23-9-4-10-24-59/h2-40,84,87H,41-55H2,1H3,(H,83,95)(H,88,96)(H,89,97)(H,90,98). The van der Waals surface area contributed by atoms with E-state index < -0.39 is 0 Å². The Bertz CT molecular complexity index is 4720. The smallest absolute Gasteiger partial charge is 0.225 e. The molecule has 16 heteroatoms. The van der Waals surface area contributed by atoms with Crippen LogP contribution in [0.4, 0.5) is 22.7 Å². The molecule has 3 aromatic heterocycles. The van der Waals surface area contributed by atoms with E-state index in [9.17, 15) is 19.2 Å². The summed E-state index contributed by atoms with van der Waals surface area (Å²) in [5.74, 6) is -0.624. The van der Waals surface area contributed by atoms with Crippen LogP contribution in [0.3, 0.4) is 0 Å². The van der Waals surface area contributed by atoms with Crippen LogP contribution in [0.15, 0.2) is 212 Å². The van der Waals surface area contributed by atoms with Crippen molar-refractivity contribution in [3.05, 3.63) is 252 Å². The third-order valence-electron chi connectivity index (χ3n) is 18.6. The lowest BCUT2D eigenvalue weighted by Gasteiger charge is -2.32. The summed E-state index contributed by atoms with van der Waals surface area (Å²) < 4.78 is 0. The zero-order chi connectivity index (χ0) is 66.7. The van der Waals surface area contributed by atoms with Gasteiger partial charge in [-0.05, 0) is 89.5 Å². The van der Waals surface area contributed by atoms with Crippen molar-refractivity contribution in [1.82, 2.24) is 39.5 Å². The summed E-state index contributed by atoms with van der Waals surface area (Å²) in [6.07, 6.45) is 8.66. The first-order chi connectivity index (χ1) is 48.1. The average molecular weight is 1300 g/mol. The minimum absolute atomic E-state index is 0.124. The number of carbonyl (C=O) groups excluding carboxylic acids is 4. The van der Waals surface area contributed by atoms with Crippen LogP contribution < -0.4 is 21.3 Å². The first-order valence-electron chi connectivity index (χ1n) is 33.8. The molecule has 0 aliphatic carbocycles. The van der Waals surface area contributed by atoms with Gasteiger partial charge in [-0.25, -0.2) is 9.97 Å². The molecule has 6 N–H and O–H groups in total. The molecule has 10 aromatic rings. The van der Waals surface area contributed by atoms with Gasteiger partial charge in [0.15, 0.2) is 0 Å². The molecule has 7 aromatic carbocycles. The molecule has 98 heavy (non-hydrogen) atoms. The van der Waals surface area contributed by atoms with E-state index in [-0.39, 0.29) is 42.9 Å². The fourth-order valence-corrected chi connectivity index (χ4v) is 13.7. The summed E-state index contributed by atoms with van der Waals surface area (Å²) in [5.41, 5.74) is 16.9. The zero-order valence-corrected chi connectivity index (χ0v) is 54.9. The van der Waals surface area contributed by atoms with Crippen molar-refractivity contribution >= 4 is 92.7 Å². The summed E-state index contributed by atoms with van der Waals surface area (Å²) >= 11 is 0. The molecule has 4 aliphatic rings.